The fraction of sp³-hybridized carbons (Fsp3) is 0.316. The fourth-order valence-corrected chi connectivity index (χ4v) is 2.23. The van der Waals surface area contributed by atoms with Crippen LogP contribution >= 0.6 is 0 Å². The molecular weight excluding hydrogens is 290 g/mol. The maximum absolute atomic E-state index is 12.1. The summed E-state index contributed by atoms with van der Waals surface area (Å²) >= 11 is 0. The number of carbonyl (C=O) groups excluding carboxylic acids is 1. The van der Waals surface area contributed by atoms with Crippen LogP contribution in [0.2, 0.25) is 0 Å². The number of hydrogen-bond donors (Lipinski definition) is 2. The monoisotopic (exact) mass is 313 g/mol. The first-order chi connectivity index (χ1) is 11.0. The first-order valence-corrected chi connectivity index (χ1v) is 7.70. The van der Waals surface area contributed by atoms with E-state index in [1.54, 1.807) is 6.07 Å². The number of carbonyl (C=O) groups is 1. The van der Waals surface area contributed by atoms with Crippen molar-refractivity contribution < 1.29 is 14.6 Å². The number of ether oxygens (including phenoxy) is 1. The molecule has 0 bridgehead atoms. The molecule has 4 nitrogen and oxygen atoms in total. The lowest BCUT2D eigenvalue weighted by atomic mass is 10.1. The quantitative estimate of drug-likeness (QED) is 0.858. The molecule has 0 aliphatic carbocycles. The first-order valence-electron chi connectivity index (χ1n) is 7.70. The standard InChI is InChI=1S/C19H23NO3/c1-13-4-5-15(3)18(10-13)23-9-8-19(22)20-17-11-16(12-21)7-6-14(17)2/h4-7,10-11,21H,8-9,12H2,1-3H3,(H,20,22). The number of nitrogens with one attached hydrogen (secondary N) is 1. The van der Waals surface area contributed by atoms with Crippen LogP contribution in [0.4, 0.5) is 5.69 Å². The molecule has 0 fully saturated rings. The second kappa shape index (κ2) is 7.79. The molecule has 0 aromatic heterocycles. The minimum absolute atomic E-state index is 0.0428. The molecule has 0 unspecified atom stereocenters. The summed E-state index contributed by atoms with van der Waals surface area (Å²) in [7, 11) is 0. The maximum atomic E-state index is 12.1. The van der Waals surface area contributed by atoms with E-state index in [2.05, 4.69) is 5.32 Å². The molecule has 0 radical (unpaired) electrons. The Morgan fingerprint density at radius 1 is 1.09 bits per heavy atom. The third-order valence-corrected chi connectivity index (χ3v) is 3.69. The highest BCUT2D eigenvalue weighted by Gasteiger charge is 2.07. The van der Waals surface area contributed by atoms with Gasteiger partial charge in [0.1, 0.15) is 5.75 Å². The van der Waals surface area contributed by atoms with Crippen LogP contribution < -0.4 is 10.1 Å². The number of aryl methyl sites for hydroxylation is 3. The zero-order valence-corrected chi connectivity index (χ0v) is 13.8. The molecule has 0 atom stereocenters. The van der Waals surface area contributed by atoms with Crippen molar-refractivity contribution >= 4 is 11.6 Å². The summed E-state index contributed by atoms with van der Waals surface area (Å²) in [5.74, 6) is 0.713. The number of hydrogen-bond acceptors (Lipinski definition) is 3. The molecule has 2 aromatic rings. The van der Waals surface area contributed by atoms with Crippen LogP contribution in [-0.4, -0.2) is 17.6 Å². The Kier molecular flexibility index (Phi) is 5.77. The zero-order chi connectivity index (χ0) is 16.8. The van der Waals surface area contributed by atoms with Crippen molar-refractivity contribution in [2.75, 3.05) is 11.9 Å². The van der Waals surface area contributed by atoms with Gasteiger partial charge in [-0.3, -0.25) is 4.79 Å². The van der Waals surface area contributed by atoms with E-state index < -0.39 is 0 Å². The van der Waals surface area contributed by atoms with Gasteiger partial charge in [0.05, 0.1) is 19.6 Å². The van der Waals surface area contributed by atoms with Crippen molar-refractivity contribution in [3.63, 3.8) is 0 Å². The van der Waals surface area contributed by atoms with Crippen molar-refractivity contribution in [3.05, 3.63) is 58.7 Å². The molecule has 2 rings (SSSR count). The predicted molar refractivity (Wildman–Crippen MR) is 91.8 cm³/mol. The van der Waals surface area contributed by atoms with Crippen molar-refractivity contribution in [1.29, 1.82) is 0 Å². The molecule has 2 N–H and O–H groups in total. The number of aliphatic hydroxyl groups is 1. The number of benzene rings is 2. The predicted octanol–water partition coefficient (Wildman–Crippen LogP) is 3.51. The highest BCUT2D eigenvalue weighted by molar-refractivity contribution is 5.91. The molecule has 122 valence electrons. The van der Waals surface area contributed by atoms with Gasteiger partial charge in [-0.15, -0.1) is 0 Å². The minimum Gasteiger partial charge on any atom is -0.493 e. The van der Waals surface area contributed by atoms with Crippen LogP contribution in [0, 0.1) is 20.8 Å². The van der Waals surface area contributed by atoms with Crippen LogP contribution in [-0.2, 0) is 11.4 Å². The van der Waals surface area contributed by atoms with Gasteiger partial charge in [0.2, 0.25) is 5.91 Å². The van der Waals surface area contributed by atoms with E-state index in [9.17, 15) is 9.90 Å². The highest BCUT2D eigenvalue weighted by atomic mass is 16.5. The van der Waals surface area contributed by atoms with Gasteiger partial charge < -0.3 is 15.2 Å². The Morgan fingerprint density at radius 3 is 2.57 bits per heavy atom. The molecule has 0 aliphatic heterocycles. The summed E-state index contributed by atoms with van der Waals surface area (Å²) in [5.41, 5.74) is 4.66. The molecule has 0 saturated heterocycles. The molecule has 0 heterocycles. The van der Waals surface area contributed by atoms with Gasteiger partial charge in [-0.1, -0.05) is 24.3 Å². The van der Waals surface area contributed by atoms with E-state index in [0.717, 1.165) is 33.7 Å². The van der Waals surface area contributed by atoms with Gasteiger partial charge in [-0.25, -0.2) is 0 Å². The molecule has 2 aromatic carbocycles. The Hall–Kier alpha value is -2.33. The average Bonchev–Trinajstić information content (AvgIpc) is 2.53. The summed E-state index contributed by atoms with van der Waals surface area (Å²) in [4.78, 5) is 12.1. The second-order valence-corrected chi connectivity index (χ2v) is 5.72. The molecular formula is C19H23NO3. The summed E-state index contributed by atoms with van der Waals surface area (Å²) < 4.78 is 5.70. The van der Waals surface area contributed by atoms with Gasteiger partial charge in [-0.2, -0.15) is 0 Å². The Morgan fingerprint density at radius 2 is 1.83 bits per heavy atom. The Bertz CT molecular complexity index is 695. The number of amides is 1. The van der Waals surface area contributed by atoms with Crippen LogP contribution in [0.25, 0.3) is 0 Å². The number of anilines is 1. The molecule has 0 saturated carbocycles. The third kappa shape index (κ3) is 4.83. The van der Waals surface area contributed by atoms with E-state index in [4.69, 9.17) is 4.74 Å². The zero-order valence-electron chi connectivity index (χ0n) is 13.8. The van der Waals surface area contributed by atoms with E-state index in [-0.39, 0.29) is 18.9 Å². The van der Waals surface area contributed by atoms with E-state index in [1.807, 2.05) is 51.1 Å². The second-order valence-electron chi connectivity index (χ2n) is 5.72. The van der Waals surface area contributed by atoms with Gasteiger partial charge in [-0.05, 0) is 55.2 Å². The van der Waals surface area contributed by atoms with E-state index in [0.29, 0.717) is 6.61 Å². The van der Waals surface area contributed by atoms with E-state index in [1.165, 1.54) is 0 Å². The largest absolute Gasteiger partial charge is 0.493 e. The smallest absolute Gasteiger partial charge is 0.227 e. The highest BCUT2D eigenvalue weighted by Crippen LogP contribution is 2.20. The van der Waals surface area contributed by atoms with Crippen LogP contribution in [0.15, 0.2) is 36.4 Å². The molecule has 23 heavy (non-hydrogen) atoms. The third-order valence-electron chi connectivity index (χ3n) is 3.69. The summed E-state index contributed by atoms with van der Waals surface area (Å²) in [6, 6.07) is 11.5. The van der Waals surface area contributed by atoms with Crippen LogP contribution in [0.1, 0.15) is 28.7 Å². The first kappa shape index (κ1) is 17.0. The SMILES string of the molecule is Cc1ccc(C)c(OCCC(=O)Nc2cc(CO)ccc2C)c1. The summed E-state index contributed by atoms with van der Waals surface area (Å²) in [6.45, 7) is 6.20. The van der Waals surface area contributed by atoms with Gasteiger partial charge in [0, 0.05) is 5.69 Å². The van der Waals surface area contributed by atoms with Crippen molar-refractivity contribution in [2.24, 2.45) is 0 Å². The minimum atomic E-state index is -0.103. The topological polar surface area (TPSA) is 58.6 Å². The van der Waals surface area contributed by atoms with Crippen LogP contribution in [0.5, 0.6) is 5.75 Å². The average molecular weight is 313 g/mol. The number of rotatable bonds is 6. The van der Waals surface area contributed by atoms with Crippen molar-refractivity contribution in [3.8, 4) is 5.75 Å². The molecule has 1 amide bonds. The van der Waals surface area contributed by atoms with E-state index >= 15 is 0 Å². The van der Waals surface area contributed by atoms with Crippen molar-refractivity contribution in [2.45, 2.75) is 33.8 Å². The van der Waals surface area contributed by atoms with Gasteiger partial charge >= 0.3 is 0 Å². The normalized spacial score (nSPS) is 10.4. The Balaban J connectivity index is 1.89. The maximum Gasteiger partial charge on any atom is 0.227 e. The molecule has 0 aliphatic rings. The lowest BCUT2D eigenvalue weighted by Gasteiger charge is -2.12. The molecule has 0 spiro atoms. The lowest BCUT2D eigenvalue weighted by molar-refractivity contribution is -0.116. The summed E-state index contributed by atoms with van der Waals surface area (Å²) in [6.07, 6.45) is 0.274. The molecule has 4 heteroatoms. The Labute approximate surface area is 137 Å². The summed E-state index contributed by atoms with van der Waals surface area (Å²) in [5, 5.41) is 12.0. The number of aliphatic hydroxyl groups excluding tert-OH is 1. The van der Waals surface area contributed by atoms with Crippen molar-refractivity contribution in [1.82, 2.24) is 0 Å². The van der Waals surface area contributed by atoms with Gasteiger partial charge in [0.25, 0.3) is 0 Å². The van der Waals surface area contributed by atoms with Gasteiger partial charge in [0.15, 0.2) is 0 Å². The fourth-order valence-electron chi connectivity index (χ4n) is 2.23. The lowest BCUT2D eigenvalue weighted by Crippen LogP contribution is -2.16. The van der Waals surface area contributed by atoms with Crippen LogP contribution in [0.3, 0.4) is 0 Å².